The van der Waals surface area contributed by atoms with E-state index in [0.717, 1.165) is 0 Å². The van der Waals surface area contributed by atoms with Crippen LogP contribution in [0.4, 0.5) is 4.39 Å². The van der Waals surface area contributed by atoms with Crippen molar-refractivity contribution in [2.45, 2.75) is 20.4 Å². The molecular formula is C12H15ClFN3O. The van der Waals surface area contributed by atoms with Gasteiger partial charge in [0.25, 0.3) is 0 Å². The predicted octanol–water partition coefficient (Wildman–Crippen LogP) is 2.04. The summed E-state index contributed by atoms with van der Waals surface area (Å²) in [6.07, 6.45) is 0. The van der Waals surface area contributed by atoms with Gasteiger partial charge in [-0.15, -0.1) is 0 Å². The highest BCUT2D eigenvalue weighted by Gasteiger charge is 2.15. The molecule has 1 aromatic rings. The number of nitrogens with two attached hydrogens (primary N) is 1. The largest absolute Gasteiger partial charge is 0.384 e. The molecular weight excluding hydrogens is 257 g/mol. The Bertz CT molecular complexity index is 488. The van der Waals surface area contributed by atoms with Crippen LogP contribution in [0.15, 0.2) is 12.1 Å². The maximum atomic E-state index is 13.4. The fraction of sp³-hybridized carbons (Fsp3) is 0.333. The molecule has 0 aromatic heterocycles. The number of carbonyl (C=O) groups is 1. The Morgan fingerprint density at radius 1 is 1.56 bits per heavy atom. The van der Waals surface area contributed by atoms with Gasteiger partial charge in [0, 0.05) is 12.5 Å². The van der Waals surface area contributed by atoms with Crippen LogP contribution in [-0.2, 0) is 11.3 Å². The molecule has 0 heterocycles. The molecule has 0 aliphatic carbocycles. The lowest BCUT2D eigenvalue weighted by Gasteiger charge is -2.12. The van der Waals surface area contributed by atoms with Crippen molar-refractivity contribution >= 4 is 23.3 Å². The summed E-state index contributed by atoms with van der Waals surface area (Å²) in [5.41, 5.74) is 5.65. The molecule has 0 saturated carbocycles. The predicted molar refractivity (Wildman–Crippen MR) is 69.1 cm³/mol. The van der Waals surface area contributed by atoms with Gasteiger partial charge in [0.05, 0.1) is 10.6 Å². The molecule has 0 atom stereocenters. The van der Waals surface area contributed by atoms with Gasteiger partial charge in [-0.05, 0) is 11.6 Å². The quantitative estimate of drug-likeness (QED) is 0.579. The minimum Gasteiger partial charge on any atom is -0.384 e. The van der Waals surface area contributed by atoms with Gasteiger partial charge in [0.15, 0.2) is 0 Å². The van der Waals surface area contributed by atoms with Crippen LogP contribution in [0.3, 0.4) is 0 Å². The van der Waals surface area contributed by atoms with Crippen molar-refractivity contribution in [2.75, 3.05) is 0 Å². The molecule has 1 aromatic carbocycles. The zero-order valence-corrected chi connectivity index (χ0v) is 10.9. The molecule has 0 aliphatic heterocycles. The number of nitrogen functional groups attached to an aromatic ring is 1. The van der Waals surface area contributed by atoms with E-state index >= 15 is 0 Å². The number of carbonyl (C=O) groups excluding carboxylic acids is 1. The van der Waals surface area contributed by atoms with Crippen molar-refractivity contribution in [1.29, 1.82) is 5.41 Å². The summed E-state index contributed by atoms with van der Waals surface area (Å²) >= 11 is 5.96. The molecule has 4 N–H and O–H groups in total. The number of amides is 1. The van der Waals surface area contributed by atoms with Gasteiger partial charge < -0.3 is 11.1 Å². The normalized spacial score (nSPS) is 10.5. The second-order valence-corrected chi connectivity index (χ2v) is 4.56. The molecule has 0 radical (unpaired) electrons. The SMILES string of the molecule is CC(C)C(=O)NCc1ccc(F)c(C(=N)N)c1Cl. The van der Waals surface area contributed by atoms with E-state index in [1.54, 1.807) is 13.8 Å². The van der Waals surface area contributed by atoms with E-state index in [1.165, 1.54) is 12.1 Å². The van der Waals surface area contributed by atoms with Crippen molar-refractivity contribution < 1.29 is 9.18 Å². The Morgan fingerprint density at radius 2 is 2.17 bits per heavy atom. The molecule has 1 amide bonds. The Morgan fingerprint density at radius 3 is 2.67 bits per heavy atom. The average molecular weight is 272 g/mol. The molecule has 0 aliphatic rings. The van der Waals surface area contributed by atoms with Crippen molar-refractivity contribution in [3.8, 4) is 0 Å². The van der Waals surface area contributed by atoms with E-state index in [2.05, 4.69) is 5.32 Å². The average Bonchev–Trinajstić information content (AvgIpc) is 2.27. The monoisotopic (exact) mass is 271 g/mol. The van der Waals surface area contributed by atoms with Crippen LogP contribution in [-0.4, -0.2) is 11.7 Å². The highest BCUT2D eigenvalue weighted by molar-refractivity contribution is 6.34. The third kappa shape index (κ3) is 3.20. The van der Waals surface area contributed by atoms with Crippen LogP contribution in [0.25, 0.3) is 0 Å². The van der Waals surface area contributed by atoms with Crippen LogP contribution in [0.1, 0.15) is 25.0 Å². The van der Waals surface area contributed by atoms with Crippen molar-refractivity contribution in [3.63, 3.8) is 0 Å². The molecule has 1 rings (SSSR count). The fourth-order valence-electron chi connectivity index (χ4n) is 1.37. The Labute approximate surface area is 110 Å². The molecule has 0 fully saturated rings. The van der Waals surface area contributed by atoms with E-state index in [9.17, 15) is 9.18 Å². The van der Waals surface area contributed by atoms with Crippen LogP contribution >= 0.6 is 11.6 Å². The first-order chi connectivity index (χ1) is 8.34. The first-order valence-corrected chi connectivity index (χ1v) is 5.81. The number of hydrogen-bond acceptors (Lipinski definition) is 2. The standard InChI is InChI=1S/C12H15ClFN3O/c1-6(2)12(18)17-5-7-3-4-8(14)9(10(7)13)11(15)16/h3-4,6H,5H2,1-2H3,(H3,15,16)(H,17,18). The maximum Gasteiger partial charge on any atom is 0.222 e. The minimum absolute atomic E-state index is 0.0616. The molecule has 6 heteroatoms. The molecule has 0 saturated heterocycles. The molecule has 0 bridgehead atoms. The van der Waals surface area contributed by atoms with Gasteiger partial charge in [0.1, 0.15) is 11.7 Å². The van der Waals surface area contributed by atoms with Crippen molar-refractivity contribution in [1.82, 2.24) is 5.32 Å². The lowest BCUT2D eigenvalue weighted by molar-refractivity contribution is -0.124. The van der Waals surface area contributed by atoms with Gasteiger partial charge in [-0.3, -0.25) is 10.2 Å². The van der Waals surface area contributed by atoms with Gasteiger partial charge in [0.2, 0.25) is 5.91 Å². The summed E-state index contributed by atoms with van der Waals surface area (Å²) in [6.45, 7) is 3.71. The van der Waals surface area contributed by atoms with Crippen LogP contribution in [0.5, 0.6) is 0 Å². The summed E-state index contributed by atoms with van der Waals surface area (Å²) < 4.78 is 13.4. The number of halogens is 2. The Hall–Kier alpha value is -1.62. The van der Waals surface area contributed by atoms with Gasteiger partial charge in [-0.2, -0.15) is 0 Å². The summed E-state index contributed by atoms with van der Waals surface area (Å²) in [4.78, 5) is 11.4. The summed E-state index contributed by atoms with van der Waals surface area (Å²) in [5, 5.41) is 9.99. The van der Waals surface area contributed by atoms with E-state index in [4.69, 9.17) is 22.7 Å². The topological polar surface area (TPSA) is 79.0 Å². The van der Waals surface area contributed by atoms with E-state index in [1.807, 2.05) is 0 Å². The maximum absolute atomic E-state index is 13.4. The van der Waals surface area contributed by atoms with Gasteiger partial charge in [-0.1, -0.05) is 31.5 Å². The van der Waals surface area contributed by atoms with Crippen LogP contribution in [0, 0.1) is 17.1 Å². The number of rotatable bonds is 4. The lowest BCUT2D eigenvalue weighted by Crippen LogP contribution is -2.27. The van der Waals surface area contributed by atoms with E-state index < -0.39 is 11.7 Å². The van der Waals surface area contributed by atoms with Gasteiger partial charge >= 0.3 is 0 Å². The third-order valence-corrected chi connectivity index (χ3v) is 2.85. The molecule has 18 heavy (non-hydrogen) atoms. The summed E-state index contributed by atoms with van der Waals surface area (Å²) in [6, 6.07) is 2.64. The minimum atomic E-state index is -0.647. The molecule has 0 unspecified atom stereocenters. The van der Waals surface area contributed by atoms with Crippen molar-refractivity contribution in [2.24, 2.45) is 11.7 Å². The van der Waals surface area contributed by atoms with E-state index in [-0.39, 0.29) is 29.0 Å². The molecule has 4 nitrogen and oxygen atoms in total. The zero-order valence-electron chi connectivity index (χ0n) is 10.2. The van der Waals surface area contributed by atoms with Crippen LogP contribution in [0.2, 0.25) is 5.02 Å². The fourth-order valence-corrected chi connectivity index (χ4v) is 1.69. The lowest BCUT2D eigenvalue weighted by atomic mass is 10.1. The Balaban J connectivity index is 2.95. The first kappa shape index (κ1) is 14.4. The van der Waals surface area contributed by atoms with Crippen molar-refractivity contribution in [3.05, 3.63) is 34.1 Å². The highest BCUT2D eigenvalue weighted by Crippen LogP contribution is 2.23. The second kappa shape index (κ2) is 5.82. The Kier molecular flexibility index (Phi) is 4.67. The van der Waals surface area contributed by atoms with Crippen LogP contribution < -0.4 is 11.1 Å². The first-order valence-electron chi connectivity index (χ1n) is 5.43. The number of amidine groups is 1. The van der Waals surface area contributed by atoms with Gasteiger partial charge in [-0.25, -0.2) is 4.39 Å². The number of nitrogens with one attached hydrogen (secondary N) is 2. The summed E-state index contributed by atoms with van der Waals surface area (Å²) in [5.74, 6) is -1.35. The number of hydrogen-bond donors (Lipinski definition) is 3. The second-order valence-electron chi connectivity index (χ2n) is 4.18. The number of benzene rings is 1. The third-order valence-electron chi connectivity index (χ3n) is 2.42. The van der Waals surface area contributed by atoms with E-state index in [0.29, 0.717) is 5.56 Å². The smallest absolute Gasteiger partial charge is 0.222 e. The molecule has 0 spiro atoms. The molecule has 98 valence electrons. The highest BCUT2D eigenvalue weighted by atomic mass is 35.5. The summed E-state index contributed by atoms with van der Waals surface area (Å²) in [7, 11) is 0. The zero-order chi connectivity index (χ0) is 13.9.